The molecular formula is C12H10F3N5O2. The van der Waals surface area contributed by atoms with Crippen LogP contribution in [0.4, 0.5) is 24.5 Å². The molecule has 2 heterocycles. The zero-order valence-corrected chi connectivity index (χ0v) is 11.1. The molecule has 0 fully saturated rings. The van der Waals surface area contributed by atoms with Crippen LogP contribution < -0.4 is 4.90 Å². The Labute approximate surface area is 122 Å². The minimum atomic E-state index is -2.72. The number of nitro groups is 1. The molecule has 1 aliphatic rings. The van der Waals surface area contributed by atoms with Crippen molar-refractivity contribution >= 4 is 11.4 Å². The van der Waals surface area contributed by atoms with Gasteiger partial charge in [0.15, 0.2) is 17.5 Å². The second-order valence-corrected chi connectivity index (χ2v) is 4.74. The third-order valence-electron chi connectivity index (χ3n) is 3.46. The fourth-order valence-electron chi connectivity index (χ4n) is 2.41. The van der Waals surface area contributed by atoms with Crippen molar-refractivity contribution in [3.05, 3.63) is 45.8 Å². The standard InChI is InChI=1S/C12H10F3N5O2/c13-8-5-7(20(21)22)1-2-9(8)18-3-4-19-10(6-18)16-17-12(19)11(14)15/h1-2,5,11H,3-4,6H2. The number of halogens is 3. The zero-order valence-electron chi connectivity index (χ0n) is 11.1. The predicted molar refractivity (Wildman–Crippen MR) is 69.1 cm³/mol. The minimum absolute atomic E-state index is 0.106. The van der Waals surface area contributed by atoms with Gasteiger partial charge in [0, 0.05) is 19.2 Å². The molecule has 1 aromatic heterocycles. The molecule has 0 saturated carbocycles. The number of alkyl halides is 2. The average Bonchev–Trinajstić information content (AvgIpc) is 2.90. The van der Waals surface area contributed by atoms with Gasteiger partial charge in [0.1, 0.15) is 0 Å². The number of benzene rings is 1. The third kappa shape index (κ3) is 2.36. The lowest BCUT2D eigenvalue weighted by molar-refractivity contribution is -0.385. The van der Waals surface area contributed by atoms with Gasteiger partial charge in [0.2, 0.25) is 0 Å². The average molecular weight is 313 g/mol. The van der Waals surface area contributed by atoms with Crippen LogP contribution in [0.5, 0.6) is 0 Å². The van der Waals surface area contributed by atoms with Gasteiger partial charge in [-0.25, -0.2) is 13.2 Å². The first-order chi connectivity index (χ1) is 10.5. The topological polar surface area (TPSA) is 77.1 Å². The Morgan fingerprint density at radius 3 is 2.68 bits per heavy atom. The molecule has 0 aliphatic carbocycles. The smallest absolute Gasteiger partial charge is 0.297 e. The normalized spacial score (nSPS) is 14.3. The van der Waals surface area contributed by atoms with Crippen LogP contribution in [0.15, 0.2) is 18.2 Å². The highest BCUT2D eigenvalue weighted by Crippen LogP contribution is 2.28. The molecule has 22 heavy (non-hydrogen) atoms. The fourth-order valence-corrected chi connectivity index (χ4v) is 2.41. The number of anilines is 1. The summed E-state index contributed by atoms with van der Waals surface area (Å²) in [6.45, 7) is 0.576. The SMILES string of the molecule is O=[N+]([O-])c1ccc(N2CCn3c(nnc3C(F)F)C2)c(F)c1. The minimum Gasteiger partial charge on any atom is -0.360 e. The molecule has 0 spiro atoms. The van der Waals surface area contributed by atoms with Gasteiger partial charge in [-0.3, -0.25) is 10.1 Å². The lowest BCUT2D eigenvalue weighted by Crippen LogP contribution is -2.35. The van der Waals surface area contributed by atoms with Crippen molar-refractivity contribution in [2.75, 3.05) is 11.4 Å². The monoisotopic (exact) mass is 313 g/mol. The van der Waals surface area contributed by atoms with Crippen LogP contribution in [0, 0.1) is 15.9 Å². The van der Waals surface area contributed by atoms with Gasteiger partial charge in [-0.05, 0) is 6.07 Å². The molecule has 0 unspecified atom stereocenters. The zero-order chi connectivity index (χ0) is 15.9. The van der Waals surface area contributed by atoms with Crippen molar-refractivity contribution < 1.29 is 18.1 Å². The van der Waals surface area contributed by atoms with E-state index in [1.165, 1.54) is 16.7 Å². The molecule has 10 heteroatoms. The van der Waals surface area contributed by atoms with Crippen molar-refractivity contribution in [1.29, 1.82) is 0 Å². The highest BCUT2D eigenvalue weighted by atomic mass is 19.3. The van der Waals surface area contributed by atoms with Crippen LogP contribution in [0.2, 0.25) is 0 Å². The van der Waals surface area contributed by atoms with Crippen molar-refractivity contribution in [1.82, 2.24) is 14.8 Å². The van der Waals surface area contributed by atoms with E-state index in [9.17, 15) is 23.3 Å². The van der Waals surface area contributed by atoms with Crippen molar-refractivity contribution in [3.63, 3.8) is 0 Å². The van der Waals surface area contributed by atoms with Gasteiger partial charge in [0.25, 0.3) is 12.1 Å². The first-order valence-corrected chi connectivity index (χ1v) is 6.36. The van der Waals surface area contributed by atoms with Crippen LogP contribution in [0.25, 0.3) is 0 Å². The summed E-state index contributed by atoms with van der Waals surface area (Å²) in [5, 5.41) is 17.7. The summed E-state index contributed by atoms with van der Waals surface area (Å²) in [7, 11) is 0. The molecule has 2 aromatic rings. The van der Waals surface area contributed by atoms with Gasteiger partial charge < -0.3 is 9.47 Å². The molecule has 0 amide bonds. The summed E-state index contributed by atoms with van der Waals surface area (Å²) in [4.78, 5) is 11.5. The molecular weight excluding hydrogens is 303 g/mol. The number of nitro benzene ring substituents is 1. The Hall–Kier alpha value is -2.65. The Morgan fingerprint density at radius 1 is 1.27 bits per heavy atom. The molecule has 0 N–H and O–H groups in total. The number of hydrogen-bond donors (Lipinski definition) is 0. The third-order valence-corrected chi connectivity index (χ3v) is 3.46. The lowest BCUT2D eigenvalue weighted by atomic mass is 10.2. The van der Waals surface area contributed by atoms with E-state index in [2.05, 4.69) is 10.2 Å². The molecule has 1 aromatic carbocycles. The number of aromatic nitrogens is 3. The molecule has 3 rings (SSSR count). The molecule has 7 nitrogen and oxygen atoms in total. The highest BCUT2D eigenvalue weighted by molar-refractivity contribution is 5.52. The molecule has 0 radical (unpaired) electrons. The predicted octanol–water partition coefficient (Wildman–Crippen LogP) is 2.28. The van der Waals surface area contributed by atoms with Crippen molar-refractivity contribution in [2.24, 2.45) is 0 Å². The van der Waals surface area contributed by atoms with Crippen LogP contribution in [-0.2, 0) is 13.1 Å². The van der Waals surface area contributed by atoms with Gasteiger partial charge in [-0.15, -0.1) is 10.2 Å². The van der Waals surface area contributed by atoms with E-state index in [4.69, 9.17) is 0 Å². The second kappa shape index (κ2) is 5.28. The van der Waals surface area contributed by atoms with E-state index in [1.54, 1.807) is 4.90 Å². The van der Waals surface area contributed by atoms with Crippen molar-refractivity contribution in [3.8, 4) is 0 Å². The Bertz CT molecular complexity index is 734. The fraction of sp³-hybridized carbons (Fsp3) is 0.333. The van der Waals surface area contributed by atoms with Crippen LogP contribution >= 0.6 is 0 Å². The molecule has 0 atom stereocenters. The quantitative estimate of drug-likeness (QED) is 0.642. The summed E-state index contributed by atoms with van der Waals surface area (Å²) in [6.07, 6.45) is -2.72. The Morgan fingerprint density at radius 2 is 2.05 bits per heavy atom. The number of rotatable bonds is 3. The van der Waals surface area contributed by atoms with Gasteiger partial charge in [-0.2, -0.15) is 0 Å². The molecule has 0 saturated heterocycles. The summed E-state index contributed by atoms with van der Waals surface area (Å²) in [6, 6.07) is 3.33. The summed E-state index contributed by atoms with van der Waals surface area (Å²) in [5.41, 5.74) is -0.181. The number of non-ortho nitro benzene ring substituents is 1. The Kier molecular flexibility index (Phi) is 3.43. The maximum atomic E-state index is 14.0. The number of nitrogens with zero attached hydrogens (tertiary/aromatic N) is 5. The highest BCUT2D eigenvalue weighted by Gasteiger charge is 2.26. The van der Waals surface area contributed by atoms with Crippen LogP contribution in [0.3, 0.4) is 0 Å². The van der Waals surface area contributed by atoms with E-state index in [-0.39, 0.29) is 31.0 Å². The first-order valence-electron chi connectivity index (χ1n) is 6.36. The van der Waals surface area contributed by atoms with Crippen molar-refractivity contribution in [2.45, 2.75) is 19.5 Å². The maximum Gasteiger partial charge on any atom is 0.297 e. The summed E-state index contributed by atoms with van der Waals surface area (Å²) < 4.78 is 40.8. The van der Waals surface area contributed by atoms with E-state index in [1.807, 2.05) is 0 Å². The first kappa shape index (κ1) is 14.3. The van der Waals surface area contributed by atoms with Crippen LogP contribution in [-0.4, -0.2) is 26.2 Å². The van der Waals surface area contributed by atoms with Gasteiger partial charge in [0.05, 0.1) is 23.2 Å². The van der Waals surface area contributed by atoms with Crippen LogP contribution in [0.1, 0.15) is 18.1 Å². The Balaban J connectivity index is 1.87. The van der Waals surface area contributed by atoms with E-state index in [0.29, 0.717) is 5.82 Å². The van der Waals surface area contributed by atoms with E-state index >= 15 is 0 Å². The van der Waals surface area contributed by atoms with E-state index < -0.39 is 23.0 Å². The van der Waals surface area contributed by atoms with Gasteiger partial charge >= 0.3 is 0 Å². The number of fused-ring (bicyclic) bond motifs is 1. The van der Waals surface area contributed by atoms with E-state index in [0.717, 1.165) is 6.07 Å². The maximum absolute atomic E-state index is 14.0. The summed E-state index contributed by atoms with van der Waals surface area (Å²) in [5.74, 6) is -0.839. The summed E-state index contributed by atoms with van der Waals surface area (Å²) >= 11 is 0. The van der Waals surface area contributed by atoms with Gasteiger partial charge in [-0.1, -0.05) is 0 Å². The second-order valence-electron chi connectivity index (χ2n) is 4.74. The largest absolute Gasteiger partial charge is 0.360 e. The molecule has 1 aliphatic heterocycles. The molecule has 0 bridgehead atoms. The number of hydrogen-bond acceptors (Lipinski definition) is 5. The molecule has 116 valence electrons. The lowest BCUT2D eigenvalue weighted by Gasteiger charge is -2.29.